The zero-order valence-electron chi connectivity index (χ0n) is 15.5. The van der Waals surface area contributed by atoms with E-state index in [9.17, 15) is 8.42 Å². The third-order valence-electron chi connectivity index (χ3n) is 5.20. The molecule has 4 aromatic rings. The lowest BCUT2D eigenvalue weighted by Gasteiger charge is -2.21. The van der Waals surface area contributed by atoms with E-state index in [1.54, 1.807) is 36.7 Å². The van der Waals surface area contributed by atoms with Crippen LogP contribution in [0, 0.1) is 0 Å². The quantitative estimate of drug-likeness (QED) is 0.512. The van der Waals surface area contributed by atoms with E-state index in [0.717, 1.165) is 22.8 Å². The van der Waals surface area contributed by atoms with Crippen molar-refractivity contribution < 1.29 is 12.9 Å². The molecule has 0 aliphatic carbocycles. The summed E-state index contributed by atoms with van der Waals surface area (Å²) in [5, 5.41) is 5.92. The Morgan fingerprint density at radius 3 is 2.62 bits per heavy atom. The Bertz CT molecular complexity index is 1270. The molecule has 1 atom stereocenters. The summed E-state index contributed by atoms with van der Waals surface area (Å²) in [6.07, 6.45) is 4.68. The Morgan fingerprint density at radius 1 is 1.00 bits per heavy atom. The summed E-state index contributed by atoms with van der Waals surface area (Å²) in [5.74, 6) is 0.746. The Hall–Kier alpha value is -3.10. The maximum atomic E-state index is 13.4. The fraction of sp³-hybridized carbons (Fsp3) is 0.190. The lowest BCUT2D eigenvalue weighted by molar-refractivity contribution is 0.290. The first-order chi connectivity index (χ1) is 14.1. The molecule has 1 aliphatic rings. The van der Waals surface area contributed by atoms with Crippen molar-refractivity contribution in [1.82, 2.24) is 19.4 Å². The minimum absolute atomic E-state index is 0.275. The summed E-state index contributed by atoms with van der Waals surface area (Å²) in [6, 6.07) is 16.0. The molecule has 0 bridgehead atoms. The van der Waals surface area contributed by atoms with Crippen LogP contribution in [0.3, 0.4) is 0 Å². The molecular weight excluding hydrogens is 388 g/mol. The van der Waals surface area contributed by atoms with E-state index in [4.69, 9.17) is 4.52 Å². The van der Waals surface area contributed by atoms with E-state index in [2.05, 4.69) is 15.1 Å². The highest BCUT2D eigenvalue weighted by Gasteiger charge is 2.39. The first-order valence-electron chi connectivity index (χ1n) is 9.37. The normalized spacial score (nSPS) is 17.7. The molecule has 7 nitrogen and oxygen atoms in total. The molecule has 3 heterocycles. The molecule has 1 aliphatic heterocycles. The number of rotatable bonds is 4. The van der Waals surface area contributed by atoms with Crippen LogP contribution in [0.5, 0.6) is 0 Å². The van der Waals surface area contributed by atoms with Crippen LogP contribution in [0.4, 0.5) is 0 Å². The Labute approximate surface area is 168 Å². The van der Waals surface area contributed by atoms with Gasteiger partial charge in [-0.1, -0.05) is 35.5 Å². The SMILES string of the molecule is O=S(=O)(c1ccc2ccccc2c1)N1CCC[C@@H]1c1nc(-c2ccncc2)no1. The van der Waals surface area contributed by atoms with Gasteiger partial charge in [0, 0.05) is 24.5 Å². The second-order valence-corrected chi connectivity index (χ2v) is 8.87. The van der Waals surface area contributed by atoms with Gasteiger partial charge >= 0.3 is 0 Å². The van der Waals surface area contributed by atoms with Gasteiger partial charge in [0.1, 0.15) is 6.04 Å². The molecule has 0 saturated carbocycles. The first kappa shape index (κ1) is 18.0. The van der Waals surface area contributed by atoms with Crippen LogP contribution in [0.25, 0.3) is 22.2 Å². The predicted molar refractivity (Wildman–Crippen MR) is 107 cm³/mol. The summed E-state index contributed by atoms with van der Waals surface area (Å²) < 4.78 is 33.7. The molecule has 1 saturated heterocycles. The van der Waals surface area contributed by atoms with Crippen molar-refractivity contribution in [2.75, 3.05) is 6.54 Å². The number of benzene rings is 2. The number of pyridine rings is 1. The molecule has 2 aromatic carbocycles. The molecule has 0 amide bonds. The molecule has 0 spiro atoms. The fourth-order valence-electron chi connectivity index (χ4n) is 3.73. The maximum Gasteiger partial charge on any atom is 0.245 e. The molecule has 0 N–H and O–H groups in total. The van der Waals surface area contributed by atoms with E-state index < -0.39 is 16.1 Å². The molecule has 8 heteroatoms. The van der Waals surface area contributed by atoms with Gasteiger partial charge in [-0.15, -0.1) is 0 Å². The highest BCUT2D eigenvalue weighted by atomic mass is 32.2. The van der Waals surface area contributed by atoms with Crippen molar-refractivity contribution >= 4 is 20.8 Å². The van der Waals surface area contributed by atoms with E-state index in [0.29, 0.717) is 24.7 Å². The summed E-state index contributed by atoms with van der Waals surface area (Å²) in [7, 11) is -3.69. The van der Waals surface area contributed by atoms with Crippen molar-refractivity contribution in [2.45, 2.75) is 23.8 Å². The number of hydrogen-bond donors (Lipinski definition) is 0. The summed E-state index contributed by atoms with van der Waals surface area (Å²) in [6.45, 7) is 0.423. The van der Waals surface area contributed by atoms with Crippen molar-refractivity contribution in [2.24, 2.45) is 0 Å². The molecule has 0 unspecified atom stereocenters. The number of fused-ring (bicyclic) bond motifs is 1. The van der Waals surface area contributed by atoms with E-state index in [-0.39, 0.29) is 4.90 Å². The van der Waals surface area contributed by atoms with E-state index in [1.165, 1.54) is 4.31 Å². The van der Waals surface area contributed by atoms with Gasteiger partial charge < -0.3 is 4.52 Å². The highest BCUT2D eigenvalue weighted by Crippen LogP contribution is 2.37. The average Bonchev–Trinajstić information content (AvgIpc) is 3.44. The van der Waals surface area contributed by atoms with Crippen LogP contribution in [0.2, 0.25) is 0 Å². The summed E-state index contributed by atoms with van der Waals surface area (Å²) in [5.41, 5.74) is 0.775. The van der Waals surface area contributed by atoms with Gasteiger partial charge in [0.05, 0.1) is 4.90 Å². The monoisotopic (exact) mass is 406 g/mol. The summed E-state index contributed by atoms with van der Waals surface area (Å²) >= 11 is 0. The van der Waals surface area contributed by atoms with E-state index in [1.807, 2.05) is 30.3 Å². The lowest BCUT2D eigenvalue weighted by atomic mass is 10.1. The largest absolute Gasteiger partial charge is 0.337 e. The predicted octanol–water partition coefficient (Wildman–Crippen LogP) is 3.81. The van der Waals surface area contributed by atoms with Crippen LogP contribution < -0.4 is 0 Å². The van der Waals surface area contributed by atoms with Crippen molar-refractivity contribution in [3.8, 4) is 11.4 Å². The third-order valence-corrected chi connectivity index (χ3v) is 7.10. The molecular formula is C21H18N4O3S. The first-order valence-corrected chi connectivity index (χ1v) is 10.8. The standard InChI is InChI=1S/C21H18N4O3S/c26-29(27,18-8-7-15-4-1-2-5-17(15)14-18)25-13-3-6-19(25)21-23-20(24-28-21)16-9-11-22-12-10-16/h1-2,4-5,7-12,14,19H,3,6,13H2/t19-/m1/s1. The number of hydrogen-bond acceptors (Lipinski definition) is 6. The minimum atomic E-state index is -3.69. The zero-order valence-corrected chi connectivity index (χ0v) is 16.3. The maximum absolute atomic E-state index is 13.4. The van der Waals surface area contributed by atoms with Gasteiger partial charge in [-0.25, -0.2) is 8.42 Å². The molecule has 5 rings (SSSR count). The second kappa shape index (κ2) is 7.06. The molecule has 0 radical (unpaired) electrons. The van der Waals surface area contributed by atoms with Crippen LogP contribution in [-0.4, -0.2) is 34.4 Å². The van der Waals surface area contributed by atoms with Gasteiger partial charge in [0.25, 0.3) is 0 Å². The Kier molecular flexibility index (Phi) is 4.37. The summed E-state index contributed by atoms with van der Waals surface area (Å²) in [4.78, 5) is 8.71. The van der Waals surface area contributed by atoms with Crippen LogP contribution in [0.1, 0.15) is 24.8 Å². The van der Waals surface area contributed by atoms with Crippen molar-refractivity contribution in [3.63, 3.8) is 0 Å². The van der Waals surface area contributed by atoms with Gasteiger partial charge in [-0.3, -0.25) is 4.98 Å². The molecule has 2 aromatic heterocycles. The Morgan fingerprint density at radius 2 is 1.79 bits per heavy atom. The highest BCUT2D eigenvalue weighted by molar-refractivity contribution is 7.89. The van der Waals surface area contributed by atoms with Crippen LogP contribution in [-0.2, 0) is 10.0 Å². The molecule has 29 heavy (non-hydrogen) atoms. The van der Waals surface area contributed by atoms with Gasteiger partial charge in [0.2, 0.25) is 21.7 Å². The van der Waals surface area contributed by atoms with Gasteiger partial charge in [-0.05, 0) is 47.9 Å². The lowest BCUT2D eigenvalue weighted by Crippen LogP contribution is -2.30. The number of sulfonamides is 1. The van der Waals surface area contributed by atoms with Gasteiger partial charge in [0.15, 0.2) is 0 Å². The van der Waals surface area contributed by atoms with E-state index >= 15 is 0 Å². The van der Waals surface area contributed by atoms with Crippen molar-refractivity contribution in [1.29, 1.82) is 0 Å². The molecule has 1 fully saturated rings. The second-order valence-electron chi connectivity index (χ2n) is 6.97. The molecule has 146 valence electrons. The average molecular weight is 406 g/mol. The zero-order chi connectivity index (χ0) is 19.8. The smallest absolute Gasteiger partial charge is 0.245 e. The fourth-order valence-corrected chi connectivity index (χ4v) is 5.41. The number of aromatic nitrogens is 3. The Balaban J connectivity index is 1.49. The van der Waals surface area contributed by atoms with Gasteiger partial charge in [-0.2, -0.15) is 9.29 Å². The van der Waals surface area contributed by atoms with Crippen LogP contribution in [0.15, 0.2) is 76.4 Å². The number of nitrogens with zero attached hydrogens (tertiary/aromatic N) is 4. The topological polar surface area (TPSA) is 89.2 Å². The third kappa shape index (κ3) is 3.20. The van der Waals surface area contributed by atoms with Crippen LogP contribution >= 0.6 is 0 Å². The minimum Gasteiger partial charge on any atom is -0.337 e. The van der Waals surface area contributed by atoms with Crippen molar-refractivity contribution in [3.05, 3.63) is 72.9 Å².